The Labute approximate surface area is 160 Å². The molecule has 2 heterocycles. The lowest BCUT2D eigenvalue weighted by atomic mass is 10.1. The second kappa shape index (κ2) is 7.10. The van der Waals surface area contributed by atoms with Gasteiger partial charge < -0.3 is 9.84 Å². The average Bonchev–Trinajstić information content (AvgIpc) is 2.64. The molecule has 1 aliphatic rings. The lowest BCUT2D eigenvalue weighted by molar-refractivity contribution is 0.337. The van der Waals surface area contributed by atoms with Gasteiger partial charge in [-0.2, -0.15) is 0 Å². The van der Waals surface area contributed by atoms with Gasteiger partial charge in [0.25, 0.3) is 10.0 Å². The molecule has 6 nitrogen and oxygen atoms in total. The molecule has 0 spiro atoms. The molecule has 140 valence electrons. The smallest absolute Gasteiger partial charge is 0.270 e. The second-order valence-electron chi connectivity index (χ2n) is 5.43. The van der Waals surface area contributed by atoms with Crippen molar-refractivity contribution in [3.8, 4) is 18.1 Å². The SMILES string of the molecule is C#CCN1c2ncccc2C(O)=C(c2c(F)ccc(Cl)c2OCC)S1(=O)=O. The zero-order chi connectivity index (χ0) is 19.8. The number of hydrogen-bond acceptors (Lipinski definition) is 5. The number of fused-ring (bicyclic) bond motifs is 1. The lowest BCUT2D eigenvalue weighted by Crippen LogP contribution is -2.36. The molecule has 27 heavy (non-hydrogen) atoms. The number of terminal acetylenes is 1. The summed E-state index contributed by atoms with van der Waals surface area (Å²) in [4.78, 5) is 3.32. The highest BCUT2D eigenvalue weighted by Gasteiger charge is 2.41. The highest BCUT2D eigenvalue weighted by Crippen LogP contribution is 2.46. The molecule has 0 radical (unpaired) electrons. The molecule has 1 aromatic heterocycles. The molecule has 1 aliphatic heterocycles. The largest absolute Gasteiger partial charge is 0.506 e. The summed E-state index contributed by atoms with van der Waals surface area (Å²) in [7, 11) is -4.44. The minimum atomic E-state index is -4.44. The van der Waals surface area contributed by atoms with Gasteiger partial charge in [0.15, 0.2) is 5.82 Å². The molecule has 1 N–H and O–H groups in total. The van der Waals surface area contributed by atoms with E-state index in [1.165, 1.54) is 24.4 Å². The van der Waals surface area contributed by atoms with Crippen LogP contribution >= 0.6 is 11.6 Å². The van der Waals surface area contributed by atoms with Gasteiger partial charge in [0.2, 0.25) is 0 Å². The molecule has 0 saturated carbocycles. The number of sulfonamides is 1. The third-order valence-electron chi connectivity index (χ3n) is 3.85. The van der Waals surface area contributed by atoms with Crippen LogP contribution in [-0.4, -0.2) is 31.7 Å². The van der Waals surface area contributed by atoms with Gasteiger partial charge in [-0.3, -0.25) is 0 Å². The Morgan fingerprint density at radius 3 is 2.81 bits per heavy atom. The van der Waals surface area contributed by atoms with Gasteiger partial charge in [-0.15, -0.1) is 6.42 Å². The van der Waals surface area contributed by atoms with Crippen LogP contribution in [0.4, 0.5) is 10.2 Å². The highest BCUT2D eigenvalue weighted by molar-refractivity contribution is 8.02. The van der Waals surface area contributed by atoms with Crippen LogP contribution in [0.3, 0.4) is 0 Å². The second-order valence-corrected chi connectivity index (χ2v) is 7.64. The van der Waals surface area contributed by atoms with E-state index >= 15 is 0 Å². The average molecular weight is 409 g/mol. The fraction of sp³-hybridized carbons (Fsp3) is 0.167. The zero-order valence-corrected chi connectivity index (χ0v) is 15.7. The first-order chi connectivity index (χ1) is 12.8. The summed E-state index contributed by atoms with van der Waals surface area (Å²) in [5.74, 6) is 0.436. The van der Waals surface area contributed by atoms with E-state index in [1.807, 2.05) is 0 Å². The van der Waals surface area contributed by atoms with Crippen LogP contribution < -0.4 is 9.04 Å². The molecule has 1 aromatic carbocycles. The third kappa shape index (κ3) is 2.99. The predicted octanol–water partition coefficient (Wildman–Crippen LogP) is 3.44. The molecule has 0 aliphatic carbocycles. The maximum atomic E-state index is 14.7. The summed E-state index contributed by atoms with van der Waals surface area (Å²) < 4.78 is 47.3. The maximum absolute atomic E-state index is 14.7. The van der Waals surface area contributed by atoms with Crippen LogP contribution in [0, 0.1) is 18.2 Å². The Balaban J connectivity index is 2.43. The number of benzene rings is 1. The topological polar surface area (TPSA) is 79.7 Å². The minimum Gasteiger partial charge on any atom is -0.506 e. The van der Waals surface area contributed by atoms with Crippen molar-refractivity contribution in [1.29, 1.82) is 0 Å². The van der Waals surface area contributed by atoms with E-state index in [1.54, 1.807) is 6.92 Å². The minimum absolute atomic E-state index is 0.00392. The van der Waals surface area contributed by atoms with Crippen molar-refractivity contribution in [3.05, 3.63) is 52.4 Å². The molecular weight excluding hydrogens is 395 g/mol. The Morgan fingerprint density at radius 1 is 1.41 bits per heavy atom. The van der Waals surface area contributed by atoms with Crippen molar-refractivity contribution < 1.29 is 22.7 Å². The summed E-state index contributed by atoms with van der Waals surface area (Å²) in [5, 5.41) is 10.7. The first-order valence-electron chi connectivity index (χ1n) is 7.80. The van der Waals surface area contributed by atoms with Gasteiger partial charge in [0.1, 0.15) is 22.2 Å². The first-order valence-corrected chi connectivity index (χ1v) is 9.62. The van der Waals surface area contributed by atoms with Crippen molar-refractivity contribution in [2.45, 2.75) is 6.92 Å². The number of rotatable bonds is 4. The monoisotopic (exact) mass is 408 g/mol. The summed E-state index contributed by atoms with van der Waals surface area (Å²) in [6.45, 7) is 1.39. The van der Waals surface area contributed by atoms with Crippen LogP contribution in [0.5, 0.6) is 5.75 Å². The summed E-state index contributed by atoms with van der Waals surface area (Å²) >= 11 is 6.09. The van der Waals surface area contributed by atoms with Crippen molar-refractivity contribution in [2.24, 2.45) is 0 Å². The van der Waals surface area contributed by atoms with E-state index in [0.717, 1.165) is 10.4 Å². The third-order valence-corrected chi connectivity index (χ3v) is 5.94. The van der Waals surface area contributed by atoms with Crippen LogP contribution in [0.2, 0.25) is 5.02 Å². The van der Waals surface area contributed by atoms with Crippen LogP contribution in [0.15, 0.2) is 30.5 Å². The standard InChI is InChI=1S/C18H14ClFN2O4S/c1-3-10-22-18-11(6-5-9-21-18)15(23)17(27(22,24)25)14-13(20)8-7-12(19)16(14)26-4-2/h1,5-9,23H,4,10H2,2H3. The molecule has 0 saturated heterocycles. The van der Waals surface area contributed by atoms with E-state index in [4.69, 9.17) is 22.8 Å². The number of aliphatic hydroxyl groups excluding tert-OH is 1. The van der Waals surface area contributed by atoms with Crippen molar-refractivity contribution in [2.75, 3.05) is 17.5 Å². The van der Waals surface area contributed by atoms with Crippen LogP contribution in [0.25, 0.3) is 10.7 Å². The number of ether oxygens (including phenoxy) is 1. The van der Waals surface area contributed by atoms with Gasteiger partial charge in [-0.05, 0) is 31.2 Å². The van der Waals surface area contributed by atoms with Gasteiger partial charge >= 0.3 is 0 Å². The Kier molecular flexibility index (Phi) is 5.00. The number of pyridine rings is 1. The molecule has 0 atom stereocenters. The quantitative estimate of drug-likeness (QED) is 0.784. The van der Waals surface area contributed by atoms with Gasteiger partial charge in [0.05, 0.1) is 29.3 Å². The first kappa shape index (κ1) is 19.0. The molecule has 2 aromatic rings. The normalized spacial score (nSPS) is 15.3. The summed E-state index contributed by atoms with van der Waals surface area (Å²) in [5.41, 5.74) is -0.363. The van der Waals surface area contributed by atoms with Crippen molar-refractivity contribution in [3.63, 3.8) is 0 Å². The van der Waals surface area contributed by atoms with Gasteiger partial charge in [-0.1, -0.05) is 17.5 Å². The molecular formula is C18H14ClFN2O4S. The molecule has 0 fully saturated rings. The van der Waals surface area contributed by atoms with Crippen molar-refractivity contribution >= 4 is 38.1 Å². The summed E-state index contributed by atoms with van der Waals surface area (Å²) in [6, 6.07) is 5.21. The van der Waals surface area contributed by atoms with Gasteiger partial charge in [0, 0.05) is 6.20 Å². The number of hydrogen-bond donors (Lipinski definition) is 1. The fourth-order valence-electron chi connectivity index (χ4n) is 2.77. The molecule has 9 heteroatoms. The Hall–Kier alpha value is -2.76. The van der Waals surface area contributed by atoms with E-state index in [2.05, 4.69) is 10.9 Å². The Morgan fingerprint density at radius 2 is 2.15 bits per heavy atom. The Bertz CT molecular complexity index is 1090. The van der Waals surface area contributed by atoms with Crippen LogP contribution in [0.1, 0.15) is 18.1 Å². The maximum Gasteiger partial charge on any atom is 0.270 e. The predicted molar refractivity (Wildman–Crippen MR) is 101 cm³/mol. The fourth-order valence-corrected chi connectivity index (χ4v) is 4.62. The molecule has 0 bridgehead atoms. The number of anilines is 1. The molecule has 0 amide bonds. The lowest BCUT2D eigenvalue weighted by Gasteiger charge is -2.30. The van der Waals surface area contributed by atoms with Crippen LogP contribution in [-0.2, 0) is 10.0 Å². The van der Waals surface area contributed by atoms with E-state index in [-0.39, 0.29) is 35.3 Å². The van der Waals surface area contributed by atoms with E-state index in [0.29, 0.717) is 0 Å². The number of halogens is 2. The number of nitrogens with zero attached hydrogens (tertiary/aromatic N) is 2. The number of aromatic nitrogens is 1. The van der Waals surface area contributed by atoms with Crippen molar-refractivity contribution in [1.82, 2.24) is 4.98 Å². The van der Waals surface area contributed by atoms with Gasteiger partial charge in [-0.25, -0.2) is 22.1 Å². The number of aliphatic hydroxyl groups is 1. The van der Waals surface area contributed by atoms with E-state index in [9.17, 15) is 17.9 Å². The zero-order valence-electron chi connectivity index (χ0n) is 14.1. The molecule has 3 rings (SSSR count). The molecule has 0 unspecified atom stereocenters. The van der Waals surface area contributed by atoms with E-state index < -0.39 is 32.1 Å². The highest BCUT2D eigenvalue weighted by atomic mass is 35.5. The summed E-state index contributed by atoms with van der Waals surface area (Å²) in [6.07, 6.45) is 6.67.